The molecule has 2 aromatic carbocycles. The fraction of sp³-hybridized carbons (Fsp3) is 0.176. The highest BCUT2D eigenvalue weighted by Crippen LogP contribution is 2.29. The summed E-state index contributed by atoms with van der Waals surface area (Å²) in [5.41, 5.74) is -0.557. The lowest BCUT2D eigenvalue weighted by molar-refractivity contribution is 0.371. The molecule has 1 heterocycles. The first-order valence-electron chi connectivity index (χ1n) is 6.92. The number of nitrogens with zero attached hydrogens (tertiary/aromatic N) is 1. The van der Waals surface area contributed by atoms with Crippen molar-refractivity contribution < 1.29 is 0 Å². The van der Waals surface area contributed by atoms with Gasteiger partial charge in [-0.05, 0) is 37.6 Å². The summed E-state index contributed by atoms with van der Waals surface area (Å²) in [6, 6.07) is 14.1. The maximum absolute atomic E-state index is 12.8. The van der Waals surface area contributed by atoms with Gasteiger partial charge in [0.2, 0.25) is 0 Å². The molecule has 4 nitrogen and oxygen atoms in total. The number of H-pyrrole nitrogens is 1. The maximum atomic E-state index is 12.8. The van der Waals surface area contributed by atoms with E-state index in [2.05, 4.69) is 5.10 Å². The molecule has 0 spiro atoms. The van der Waals surface area contributed by atoms with Gasteiger partial charge in [0.25, 0.3) is 11.1 Å². The second-order valence-electron chi connectivity index (χ2n) is 5.67. The van der Waals surface area contributed by atoms with E-state index >= 15 is 0 Å². The Bertz CT molecular complexity index is 970. The van der Waals surface area contributed by atoms with Crippen molar-refractivity contribution in [1.82, 2.24) is 9.78 Å². The van der Waals surface area contributed by atoms with Gasteiger partial charge in [0, 0.05) is 5.02 Å². The van der Waals surface area contributed by atoms with Crippen molar-refractivity contribution in [2.24, 2.45) is 0 Å². The second kappa shape index (κ2) is 5.14. The molecule has 0 aliphatic carbocycles. The van der Waals surface area contributed by atoms with Gasteiger partial charge in [-0.15, -0.1) is 0 Å². The molecule has 0 bridgehead atoms. The van der Waals surface area contributed by atoms with Crippen LogP contribution in [0.4, 0.5) is 0 Å². The minimum absolute atomic E-state index is 0.250. The van der Waals surface area contributed by atoms with Crippen LogP contribution in [-0.2, 0) is 5.54 Å². The van der Waals surface area contributed by atoms with Crippen LogP contribution < -0.4 is 11.1 Å². The topological polar surface area (TPSA) is 54.9 Å². The first-order valence-corrected chi connectivity index (χ1v) is 7.30. The fourth-order valence-corrected chi connectivity index (χ4v) is 3.04. The van der Waals surface area contributed by atoms with E-state index in [0.717, 1.165) is 5.56 Å². The highest BCUT2D eigenvalue weighted by Gasteiger charge is 2.28. The van der Waals surface area contributed by atoms with E-state index < -0.39 is 5.54 Å². The minimum atomic E-state index is -0.779. The number of aromatic amines is 1. The Labute approximate surface area is 132 Å². The van der Waals surface area contributed by atoms with Crippen molar-refractivity contribution in [3.63, 3.8) is 0 Å². The molecular weight excluding hydrogens is 300 g/mol. The third-order valence-electron chi connectivity index (χ3n) is 3.91. The quantitative estimate of drug-likeness (QED) is 0.790. The molecule has 0 saturated heterocycles. The van der Waals surface area contributed by atoms with E-state index in [1.165, 1.54) is 4.68 Å². The van der Waals surface area contributed by atoms with Crippen LogP contribution in [0.25, 0.3) is 10.8 Å². The molecule has 0 saturated carbocycles. The van der Waals surface area contributed by atoms with Crippen LogP contribution in [0.1, 0.15) is 19.4 Å². The second-order valence-corrected chi connectivity index (χ2v) is 6.07. The third kappa shape index (κ3) is 2.16. The largest absolute Gasteiger partial charge is 0.273 e. The number of rotatable bonds is 2. The van der Waals surface area contributed by atoms with E-state index in [4.69, 9.17) is 11.6 Å². The van der Waals surface area contributed by atoms with Crippen LogP contribution in [0.3, 0.4) is 0 Å². The van der Waals surface area contributed by atoms with Gasteiger partial charge in [0.1, 0.15) is 0 Å². The first kappa shape index (κ1) is 14.6. The molecule has 0 amide bonds. The number of hydrogen-bond acceptors (Lipinski definition) is 2. The molecule has 0 radical (unpaired) electrons. The Kier molecular flexibility index (Phi) is 3.41. The standard InChI is InChI=1S/C17H15ClN2O2/c1-17(2,13-9-5-6-10-14(13)18)20-16(22)12-8-4-3-7-11(12)15(21)19-20/h3-10H,1-2H3,(H,19,21). The smallest absolute Gasteiger partial charge is 0.267 e. The molecule has 0 atom stereocenters. The number of halogens is 1. The minimum Gasteiger partial charge on any atom is -0.267 e. The van der Waals surface area contributed by atoms with Gasteiger partial charge in [0.15, 0.2) is 0 Å². The van der Waals surface area contributed by atoms with E-state index in [9.17, 15) is 9.59 Å². The molecule has 3 rings (SSSR count). The average molecular weight is 315 g/mol. The lowest BCUT2D eigenvalue weighted by Crippen LogP contribution is -2.42. The zero-order chi connectivity index (χ0) is 15.9. The Hall–Kier alpha value is -2.33. The number of benzene rings is 2. The van der Waals surface area contributed by atoms with Gasteiger partial charge in [-0.2, -0.15) is 0 Å². The highest BCUT2D eigenvalue weighted by molar-refractivity contribution is 6.31. The predicted molar refractivity (Wildman–Crippen MR) is 88.7 cm³/mol. The normalized spacial score (nSPS) is 11.8. The van der Waals surface area contributed by atoms with Gasteiger partial charge in [-0.3, -0.25) is 14.7 Å². The van der Waals surface area contributed by atoms with Gasteiger partial charge in [0.05, 0.1) is 16.3 Å². The van der Waals surface area contributed by atoms with E-state index in [1.54, 1.807) is 30.3 Å². The van der Waals surface area contributed by atoms with E-state index in [1.807, 2.05) is 32.0 Å². The Balaban J connectivity index is 2.35. The van der Waals surface area contributed by atoms with Crippen LogP contribution in [0.2, 0.25) is 5.02 Å². The lowest BCUT2D eigenvalue weighted by Gasteiger charge is -2.28. The van der Waals surface area contributed by atoms with Crippen LogP contribution in [0.5, 0.6) is 0 Å². The molecule has 0 unspecified atom stereocenters. The average Bonchev–Trinajstić information content (AvgIpc) is 2.51. The van der Waals surface area contributed by atoms with Crippen molar-refractivity contribution in [1.29, 1.82) is 0 Å². The molecule has 22 heavy (non-hydrogen) atoms. The monoisotopic (exact) mass is 314 g/mol. The summed E-state index contributed by atoms with van der Waals surface area (Å²) in [7, 11) is 0. The molecule has 0 fully saturated rings. The molecule has 0 aliphatic rings. The predicted octanol–water partition coefficient (Wildman–Crippen LogP) is 3.13. The molecule has 112 valence electrons. The van der Waals surface area contributed by atoms with E-state index in [0.29, 0.717) is 15.8 Å². The summed E-state index contributed by atoms with van der Waals surface area (Å²) in [5, 5.41) is 4.01. The summed E-state index contributed by atoms with van der Waals surface area (Å²) >= 11 is 6.26. The third-order valence-corrected chi connectivity index (χ3v) is 4.24. The van der Waals surface area contributed by atoms with Crippen molar-refractivity contribution in [3.05, 3.63) is 79.8 Å². The van der Waals surface area contributed by atoms with Crippen LogP contribution in [-0.4, -0.2) is 9.78 Å². The van der Waals surface area contributed by atoms with Gasteiger partial charge in [-0.1, -0.05) is 41.9 Å². The Morgan fingerprint density at radius 1 is 0.955 bits per heavy atom. The van der Waals surface area contributed by atoms with Crippen molar-refractivity contribution >= 4 is 22.4 Å². The lowest BCUT2D eigenvalue weighted by atomic mass is 9.94. The Morgan fingerprint density at radius 3 is 2.23 bits per heavy atom. The van der Waals surface area contributed by atoms with Gasteiger partial charge >= 0.3 is 0 Å². The summed E-state index contributed by atoms with van der Waals surface area (Å²) in [5.74, 6) is 0. The number of hydrogen-bond donors (Lipinski definition) is 1. The molecule has 5 heteroatoms. The first-order chi connectivity index (χ1) is 10.4. The number of nitrogens with one attached hydrogen (secondary N) is 1. The fourth-order valence-electron chi connectivity index (χ4n) is 2.67. The van der Waals surface area contributed by atoms with Crippen molar-refractivity contribution in [2.75, 3.05) is 0 Å². The van der Waals surface area contributed by atoms with Crippen LogP contribution in [0.15, 0.2) is 58.1 Å². The summed E-state index contributed by atoms with van der Waals surface area (Å²) in [4.78, 5) is 25.0. The van der Waals surface area contributed by atoms with Crippen LogP contribution in [0, 0.1) is 0 Å². The maximum Gasteiger partial charge on any atom is 0.273 e. The van der Waals surface area contributed by atoms with E-state index in [-0.39, 0.29) is 11.1 Å². The zero-order valence-corrected chi connectivity index (χ0v) is 13.0. The molecule has 1 aromatic heterocycles. The SMILES string of the molecule is CC(C)(c1ccccc1Cl)n1[nH]c(=O)c2ccccc2c1=O. The highest BCUT2D eigenvalue weighted by atomic mass is 35.5. The number of aromatic nitrogens is 2. The van der Waals surface area contributed by atoms with Crippen LogP contribution >= 0.6 is 11.6 Å². The molecule has 3 aromatic rings. The van der Waals surface area contributed by atoms with Gasteiger partial charge < -0.3 is 0 Å². The zero-order valence-electron chi connectivity index (χ0n) is 12.3. The number of fused-ring (bicyclic) bond motifs is 1. The summed E-state index contributed by atoms with van der Waals surface area (Å²) < 4.78 is 1.35. The van der Waals surface area contributed by atoms with Crippen molar-refractivity contribution in [3.8, 4) is 0 Å². The summed E-state index contributed by atoms with van der Waals surface area (Å²) in [6.45, 7) is 3.70. The van der Waals surface area contributed by atoms with Crippen molar-refractivity contribution in [2.45, 2.75) is 19.4 Å². The molecule has 1 N–H and O–H groups in total. The molecule has 0 aliphatic heterocycles. The Morgan fingerprint density at radius 2 is 1.55 bits per heavy atom. The van der Waals surface area contributed by atoms with Gasteiger partial charge in [-0.25, -0.2) is 4.68 Å². The molecular formula is C17H15ClN2O2. The summed E-state index contributed by atoms with van der Waals surface area (Å²) in [6.07, 6.45) is 0.